The number of aromatic hydroxyl groups is 1. The van der Waals surface area contributed by atoms with Gasteiger partial charge < -0.3 is 15.3 Å². The fourth-order valence-corrected chi connectivity index (χ4v) is 3.48. The summed E-state index contributed by atoms with van der Waals surface area (Å²) >= 11 is 0. The minimum Gasteiger partial charge on any atom is -0.508 e. The molecule has 1 aromatic carbocycles. The van der Waals surface area contributed by atoms with E-state index in [2.05, 4.69) is 10.3 Å². The van der Waals surface area contributed by atoms with Gasteiger partial charge in [0.15, 0.2) is 0 Å². The van der Waals surface area contributed by atoms with Crippen LogP contribution in [-0.2, 0) is 16.0 Å². The van der Waals surface area contributed by atoms with E-state index in [4.69, 9.17) is 0 Å². The second-order valence-corrected chi connectivity index (χ2v) is 6.97. The number of amides is 2. The van der Waals surface area contributed by atoms with Gasteiger partial charge in [-0.05, 0) is 59.4 Å². The molecule has 3 heterocycles. The third kappa shape index (κ3) is 3.96. The van der Waals surface area contributed by atoms with Crippen LogP contribution in [0.2, 0.25) is 0 Å². The smallest absolute Gasteiger partial charge is 0.246 e. The van der Waals surface area contributed by atoms with E-state index in [1.807, 2.05) is 24.3 Å². The molecular formula is C22H21N3O3. The summed E-state index contributed by atoms with van der Waals surface area (Å²) in [4.78, 5) is 30.0. The largest absolute Gasteiger partial charge is 0.508 e. The number of fused-ring (bicyclic) bond motifs is 1. The number of nitrogens with zero attached hydrogens (tertiary/aromatic N) is 2. The van der Waals surface area contributed by atoms with E-state index in [1.54, 1.807) is 35.4 Å². The summed E-state index contributed by atoms with van der Waals surface area (Å²) < 4.78 is 0. The summed E-state index contributed by atoms with van der Waals surface area (Å²) in [7, 11) is 0. The van der Waals surface area contributed by atoms with Gasteiger partial charge in [-0.1, -0.05) is 18.2 Å². The van der Waals surface area contributed by atoms with Crippen molar-refractivity contribution in [1.82, 2.24) is 9.88 Å². The van der Waals surface area contributed by atoms with Gasteiger partial charge in [0, 0.05) is 31.8 Å². The van der Waals surface area contributed by atoms with Crippen LogP contribution in [0, 0.1) is 0 Å². The van der Waals surface area contributed by atoms with Gasteiger partial charge in [0.05, 0.1) is 0 Å². The van der Waals surface area contributed by atoms with E-state index in [0.29, 0.717) is 31.7 Å². The Balaban J connectivity index is 1.40. The first-order chi connectivity index (χ1) is 13.6. The molecule has 2 aromatic rings. The Kier molecular flexibility index (Phi) is 4.93. The predicted molar refractivity (Wildman–Crippen MR) is 108 cm³/mol. The third-order valence-electron chi connectivity index (χ3n) is 5.02. The molecule has 0 unspecified atom stereocenters. The number of benzene rings is 1. The Hall–Kier alpha value is -3.41. The Morgan fingerprint density at radius 2 is 2.11 bits per heavy atom. The van der Waals surface area contributed by atoms with Crippen molar-refractivity contribution in [2.75, 3.05) is 18.4 Å². The van der Waals surface area contributed by atoms with Crippen LogP contribution >= 0.6 is 0 Å². The number of nitrogens with one attached hydrogen (secondary N) is 1. The number of aromatic nitrogens is 1. The van der Waals surface area contributed by atoms with E-state index in [1.165, 1.54) is 0 Å². The van der Waals surface area contributed by atoms with Crippen LogP contribution in [0.25, 0.3) is 11.6 Å². The van der Waals surface area contributed by atoms with Gasteiger partial charge in [0.25, 0.3) is 0 Å². The molecular weight excluding hydrogens is 354 g/mol. The van der Waals surface area contributed by atoms with E-state index >= 15 is 0 Å². The first kappa shape index (κ1) is 18.0. The first-order valence-electron chi connectivity index (χ1n) is 9.33. The summed E-state index contributed by atoms with van der Waals surface area (Å²) in [6, 6.07) is 9.14. The number of aryl methyl sites for hydroxylation is 1. The fourth-order valence-electron chi connectivity index (χ4n) is 3.48. The molecule has 0 aliphatic carbocycles. The lowest BCUT2D eigenvalue weighted by atomic mass is 9.99. The number of carbonyl (C=O) groups is 2. The monoisotopic (exact) mass is 375 g/mol. The number of phenolic OH excluding ortho intramolecular Hbond substituents is 1. The molecule has 28 heavy (non-hydrogen) atoms. The minimum atomic E-state index is -0.0442. The van der Waals surface area contributed by atoms with Gasteiger partial charge in [-0.15, -0.1) is 0 Å². The highest BCUT2D eigenvalue weighted by atomic mass is 16.3. The molecule has 6 heteroatoms. The van der Waals surface area contributed by atoms with E-state index in [-0.39, 0.29) is 17.6 Å². The van der Waals surface area contributed by atoms with Crippen LogP contribution in [-0.4, -0.2) is 39.9 Å². The lowest BCUT2D eigenvalue weighted by molar-refractivity contribution is -0.125. The lowest BCUT2D eigenvalue weighted by Crippen LogP contribution is -2.33. The second-order valence-electron chi connectivity index (χ2n) is 6.97. The van der Waals surface area contributed by atoms with Crippen LogP contribution in [0.5, 0.6) is 5.75 Å². The highest BCUT2D eigenvalue weighted by Crippen LogP contribution is 2.25. The van der Waals surface area contributed by atoms with Crippen LogP contribution in [0.3, 0.4) is 0 Å². The van der Waals surface area contributed by atoms with Crippen LogP contribution < -0.4 is 5.32 Å². The Labute approximate surface area is 163 Å². The van der Waals surface area contributed by atoms with Crippen molar-refractivity contribution in [3.63, 3.8) is 0 Å². The van der Waals surface area contributed by atoms with Crippen molar-refractivity contribution in [3.05, 3.63) is 65.4 Å². The quantitative estimate of drug-likeness (QED) is 0.808. The molecule has 2 amide bonds. The van der Waals surface area contributed by atoms with Gasteiger partial charge in [-0.3, -0.25) is 9.59 Å². The van der Waals surface area contributed by atoms with Crippen molar-refractivity contribution < 1.29 is 14.7 Å². The summed E-state index contributed by atoms with van der Waals surface area (Å²) in [5, 5.41) is 12.4. The van der Waals surface area contributed by atoms with E-state index in [9.17, 15) is 14.7 Å². The molecule has 0 bridgehead atoms. The molecule has 2 aliphatic heterocycles. The number of anilines is 1. The Bertz CT molecular complexity index is 994. The molecule has 0 fully saturated rings. The molecule has 4 rings (SSSR count). The molecule has 0 spiro atoms. The number of pyridine rings is 1. The number of hydrogen-bond acceptors (Lipinski definition) is 4. The highest BCUT2D eigenvalue weighted by molar-refractivity contribution is 5.94. The number of carbonyl (C=O) groups excluding carboxylic acids is 2. The van der Waals surface area contributed by atoms with Gasteiger partial charge in [-0.25, -0.2) is 4.98 Å². The summed E-state index contributed by atoms with van der Waals surface area (Å²) in [6.07, 6.45) is 8.90. The second kappa shape index (κ2) is 7.68. The first-order valence-corrected chi connectivity index (χ1v) is 9.33. The predicted octanol–water partition coefficient (Wildman–Crippen LogP) is 3.00. The average molecular weight is 375 g/mol. The average Bonchev–Trinajstić information content (AvgIpc) is 2.72. The maximum atomic E-state index is 12.5. The topological polar surface area (TPSA) is 82.5 Å². The normalized spacial score (nSPS) is 16.5. The zero-order valence-corrected chi connectivity index (χ0v) is 15.4. The van der Waals surface area contributed by atoms with Gasteiger partial charge in [0.2, 0.25) is 11.8 Å². The van der Waals surface area contributed by atoms with Crippen molar-refractivity contribution in [2.24, 2.45) is 0 Å². The van der Waals surface area contributed by atoms with Gasteiger partial charge >= 0.3 is 0 Å². The Morgan fingerprint density at radius 3 is 2.89 bits per heavy atom. The zero-order valence-electron chi connectivity index (χ0n) is 15.4. The van der Waals surface area contributed by atoms with Crippen LogP contribution in [0.15, 0.2) is 48.7 Å². The van der Waals surface area contributed by atoms with Crippen molar-refractivity contribution in [2.45, 2.75) is 19.3 Å². The molecule has 0 saturated heterocycles. The molecule has 0 atom stereocenters. The van der Waals surface area contributed by atoms with Crippen LogP contribution in [0.4, 0.5) is 5.82 Å². The molecule has 2 aliphatic rings. The van der Waals surface area contributed by atoms with Crippen LogP contribution in [0.1, 0.15) is 29.5 Å². The molecule has 0 radical (unpaired) electrons. The number of rotatable bonds is 3. The summed E-state index contributed by atoms with van der Waals surface area (Å²) in [6.45, 7) is 1.18. The highest BCUT2D eigenvalue weighted by Gasteiger charge is 2.17. The SMILES string of the molecule is O=C1CCc2cc(C=CC(=O)N3CC=C(c4cccc(O)c4)CC3)cnc2N1. The van der Waals surface area contributed by atoms with Crippen molar-refractivity contribution >= 4 is 29.3 Å². The molecule has 0 saturated carbocycles. The van der Waals surface area contributed by atoms with Gasteiger partial charge in [-0.2, -0.15) is 0 Å². The summed E-state index contributed by atoms with van der Waals surface area (Å²) in [5.41, 5.74) is 3.97. The van der Waals surface area contributed by atoms with E-state index < -0.39 is 0 Å². The standard InChI is InChI=1S/C22H21N3O3/c26-19-3-1-2-17(13-19)16-8-10-25(11-9-16)21(28)7-4-15-12-18-5-6-20(27)24-22(18)23-14-15/h1-4,7-8,12-14,26H,5-6,9-11H2,(H,23,24,27). The molecule has 6 nitrogen and oxygen atoms in total. The minimum absolute atomic E-state index is 0.0123. The fraction of sp³-hybridized carbons (Fsp3) is 0.227. The molecule has 142 valence electrons. The maximum absolute atomic E-state index is 12.5. The molecule has 1 aromatic heterocycles. The summed E-state index contributed by atoms with van der Waals surface area (Å²) in [5.74, 6) is 0.803. The van der Waals surface area contributed by atoms with Crippen molar-refractivity contribution in [3.8, 4) is 5.75 Å². The molecule has 2 N–H and O–H groups in total. The number of phenols is 1. The third-order valence-corrected chi connectivity index (χ3v) is 5.02. The Morgan fingerprint density at radius 1 is 1.21 bits per heavy atom. The number of hydrogen-bond donors (Lipinski definition) is 2. The van der Waals surface area contributed by atoms with Crippen molar-refractivity contribution in [1.29, 1.82) is 0 Å². The van der Waals surface area contributed by atoms with Gasteiger partial charge in [0.1, 0.15) is 11.6 Å². The van der Waals surface area contributed by atoms with E-state index in [0.717, 1.165) is 28.7 Å². The zero-order chi connectivity index (χ0) is 19.5. The maximum Gasteiger partial charge on any atom is 0.246 e. The lowest BCUT2D eigenvalue weighted by Gasteiger charge is -2.25.